The fraction of sp³-hybridized carbons (Fsp3) is 0.188. The van der Waals surface area contributed by atoms with Gasteiger partial charge in [-0.15, -0.1) is 0 Å². The summed E-state index contributed by atoms with van der Waals surface area (Å²) in [7, 11) is 0. The van der Waals surface area contributed by atoms with Gasteiger partial charge in [0.2, 0.25) is 0 Å². The molecule has 34 heavy (non-hydrogen) atoms. The lowest BCUT2D eigenvalue weighted by atomic mass is 9.87. The Morgan fingerprint density at radius 3 is 2.29 bits per heavy atom. The fourth-order valence-corrected chi connectivity index (χ4v) is 5.85. The maximum absolute atomic E-state index is 6.10. The van der Waals surface area contributed by atoms with Gasteiger partial charge in [0.1, 0.15) is 11.2 Å². The first-order chi connectivity index (χ1) is 16.7. The van der Waals surface area contributed by atoms with Crippen LogP contribution in [0.15, 0.2) is 89.3 Å². The van der Waals surface area contributed by atoms with E-state index in [1.54, 1.807) is 0 Å². The maximum atomic E-state index is 6.10. The third-order valence-electron chi connectivity index (χ3n) is 7.58. The third-order valence-corrected chi connectivity index (χ3v) is 7.58. The Kier molecular flexibility index (Phi) is 4.26. The molecule has 1 unspecified atom stereocenters. The molecule has 0 aliphatic heterocycles. The van der Waals surface area contributed by atoms with Crippen molar-refractivity contribution in [2.24, 2.45) is 5.92 Å². The summed E-state index contributed by atoms with van der Waals surface area (Å²) in [5, 5.41) is 3.78. The standard InChI is InChI=1S/C32H27NO/c1-20-8-12-29-25(16-20)26-18-22(10-13-30(26)33(29)24-6-4-3-5-7-24)23-11-15-32-28(19-23)27-17-21(2)9-14-31(27)34-32/h3-7,9-11,13-15,17-20H,8,12,16H2,1-2H3. The molecule has 1 aliphatic carbocycles. The van der Waals surface area contributed by atoms with Gasteiger partial charge in [-0.05, 0) is 97.3 Å². The Labute approximate surface area is 199 Å². The molecule has 2 heteroatoms. The molecular weight excluding hydrogens is 414 g/mol. The van der Waals surface area contributed by atoms with Crippen molar-refractivity contribution < 1.29 is 4.42 Å². The number of aromatic nitrogens is 1. The topological polar surface area (TPSA) is 18.1 Å². The molecule has 0 spiro atoms. The third kappa shape index (κ3) is 2.95. The lowest BCUT2D eigenvalue weighted by Gasteiger charge is -2.21. The van der Waals surface area contributed by atoms with E-state index in [1.165, 1.54) is 61.7 Å². The summed E-state index contributed by atoms with van der Waals surface area (Å²) in [6.45, 7) is 4.52. The second-order valence-electron chi connectivity index (χ2n) is 9.99. The highest BCUT2D eigenvalue weighted by Crippen LogP contribution is 2.39. The van der Waals surface area contributed by atoms with E-state index >= 15 is 0 Å². The average molecular weight is 442 g/mol. The van der Waals surface area contributed by atoms with Crippen LogP contribution >= 0.6 is 0 Å². The highest BCUT2D eigenvalue weighted by Gasteiger charge is 2.24. The van der Waals surface area contributed by atoms with E-state index in [1.807, 2.05) is 0 Å². The van der Waals surface area contributed by atoms with Crippen LogP contribution in [0.2, 0.25) is 0 Å². The minimum atomic E-state index is 0.725. The van der Waals surface area contributed by atoms with Crippen LogP contribution in [0.5, 0.6) is 0 Å². The minimum absolute atomic E-state index is 0.725. The van der Waals surface area contributed by atoms with Gasteiger partial charge < -0.3 is 8.98 Å². The molecule has 0 amide bonds. The van der Waals surface area contributed by atoms with Crippen LogP contribution in [0.4, 0.5) is 0 Å². The van der Waals surface area contributed by atoms with Gasteiger partial charge in [-0.3, -0.25) is 0 Å². The highest BCUT2D eigenvalue weighted by atomic mass is 16.3. The smallest absolute Gasteiger partial charge is 0.135 e. The van der Waals surface area contributed by atoms with E-state index in [9.17, 15) is 0 Å². The lowest BCUT2D eigenvalue weighted by Crippen LogP contribution is -2.13. The summed E-state index contributed by atoms with van der Waals surface area (Å²) < 4.78 is 8.60. The zero-order valence-electron chi connectivity index (χ0n) is 19.6. The summed E-state index contributed by atoms with van der Waals surface area (Å²) in [4.78, 5) is 0. The molecule has 2 heterocycles. The summed E-state index contributed by atoms with van der Waals surface area (Å²) in [6, 6.07) is 30.9. The summed E-state index contributed by atoms with van der Waals surface area (Å²) in [5.41, 5.74) is 11.3. The van der Waals surface area contributed by atoms with Crippen molar-refractivity contribution in [3.05, 3.63) is 102 Å². The zero-order chi connectivity index (χ0) is 22.8. The number of benzene rings is 4. The molecule has 0 bridgehead atoms. The van der Waals surface area contributed by atoms with Crippen molar-refractivity contribution in [3.63, 3.8) is 0 Å². The molecule has 0 saturated carbocycles. The number of aryl methyl sites for hydroxylation is 1. The first kappa shape index (κ1) is 19.7. The molecule has 1 atom stereocenters. The average Bonchev–Trinajstić information content (AvgIpc) is 3.38. The largest absolute Gasteiger partial charge is 0.456 e. The lowest BCUT2D eigenvalue weighted by molar-refractivity contribution is 0.495. The predicted octanol–water partition coefficient (Wildman–Crippen LogP) is 8.63. The Hall–Kier alpha value is -3.78. The number of para-hydroxylation sites is 1. The highest BCUT2D eigenvalue weighted by molar-refractivity contribution is 6.06. The van der Waals surface area contributed by atoms with Gasteiger partial charge in [0.25, 0.3) is 0 Å². The van der Waals surface area contributed by atoms with Crippen molar-refractivity contribution in [2.75, 3.05) is 0 Å². The van der Waals surface area contributed by atoms with Crippen LogP contribution in [0.25, 0.3) is 49.7 Å². The summed E-state index contributed by atoms with van der Waals surface area (Å²) in [6.07, 6.45) is 3.55. The normalized spacial score (nSPS) is 15.9. The van der Waals surface area contributed by atoms with Crippen LogP contribution in [-0.4, -0.2) is 4.57 Å². The van der Waals surface area contributed by atoms with Gasteiger partial charge in [-0.25, -0.2) is 0 Å². The second kappa shape index (κ2) is 7.36. The van der Waals surface area contributed by atoms with Gasteiger partial charge in [-0.2, -0.15) is 0 Å². The Balaban J connectivity index is 1.44. The molecule has 0 fully saturated rings. The van der Waals surface area contributed by atoms with E-state index in [0.29, 0.717) is 0 Å². The van der Waals surface area contributed by atoms with Crippen LogP contribution in [0.1, 0.15) is 30.2 Å². The van der Waals surface area contributed by atoms with E-state index in [-0.39, 0.29) is 0 Å². The maximum Gasteiger partial charge on any atom is 0.135 e. The number of hydrogen-bond donors (Lipinski definition) is 0. The van der Waals surface area contributed by atoms with Crippen LogP contribution < -0.4 is 0 Å². The van der Waals surface area contributed by atoms with E-state index in [4.69, 9.17) is 4.42 Å². The molecule has 1 aliphatic rings. The summed E-state index contributed by atoms with van der Waals surface area (Å²) >= 11 is 0. The SMILES string of the molecule is Cc1ccc2oc3ccc(-c4ccc5c(c4)c4c(n5-c5ccccc5)CCC(C)C4)cc3c2c1. The number of furan rings is 1. The number of fused-ring (bicyclic) bond motifs is 6. The molecule has 2 nitrogen and oxygen atoms in total. The Bertz CT molecular complexity index is 1700. The first-order valence-electron chi connectivity index (χ1n) is 12.3. The molecular formula is C32H27NO. The molecule has 7 rings (SSSR count). The quantitative estimate of drug-likeness (QED) is 0.263. The second-order valence-corrected chi connectivity index (χ2v) is 9.99. The van der Waals surface area contributed by atoms with Gasteiger partial charge in [-0.1, -0.05) is 48.9 Å². The van der Waals surface area contributed by atoms with Crippen molar-refractivity contribution in [3.8, 4) is 16.8 Å². The number of hydrogen-bond acceptors (Lipinski definition) is 1. The summed E-state index contributed by atoms with van der Waals surface area (Å²) in [5.74, 6) is 0.725. The van der Waals surface area contributed by atoms with E-state index in [0.717, 1.165) is 29.9 Å². The van der Waals surface area contributed by atoms with Gasteiger partial charge in [0.05, 0.1) is 5.52 Å². The van der Waals surface area contributed by atoms with Crippen molar-refractivity contribution >= 4 is 32.8 Å². The van der Waals surface area contributed by atoms with E-state index < -0.39 is 0 Å². The Morgan fingerprint density at radius 2 is 1.47 bits per heavy atom. The molecule has 0 N–H and O–H groups in total. The molecule has 6 aromatic rings. The number of rotatable bonds is 2. The van der Waals surface area contributed by atoms with Crippen molar-refractivity contribution in [2.45, 2.75) is 33.1 Å². The van der Waals surface area contributed by atoms with Gasteiger partial charge in [0.15, 0.2) is 0 Å². The Morgan fingerprint density at radius 1 is 0.765 bits per heavy atom. The van der Waals surface area contributed by atoms with Crippen LogP contribution in [0, 0.1) is 12.8 Å². The monoisotopic (exact) mass is 441 g/mol. The molecule has 2 aromatic heterocycles. The fourth-order valence-electron chi connectivity index (χ4n) is 5.85. The molecule has 0 radical (unpaired) electrons. The molecule has 166 valence electrons. The predicted molar refractivity (Wildman–Crippen MR) is 142 cm³/mol. The zero-order valence-corrected chi connectivity index (χ0v) is 19.6. The van der Waals surface area contributed by atoms with Crippen molar-refractivity contribution in [1.29, 1.82) is 0 Å². The van der Waals surface area contributed by atoms with Gasteiger partial charge in [0, 0.05) is 27.5 Å². The molecule has 4 aromatic carbocycles. The van der Waals surface area contributed by atoms with Crippen molar-refractivity contribution in [1.82, 2.24) is 4.57 Å². The first-order valence-corrected chi connectivity index (χ1v) is 12.3. The van der Waals surface area contributed by atoms with Crippen LogP contribution in [0.3, 0.4) is 0 Å². The molecule has 0 saturated heterocycles. The number of nitrogens with zero attached hydrogens (tertiary/aromatic N) is 1. The minimum Gasteiger partial charge on any atom is -0.456 e. The van der Waals surface area contributed by atoms with E-state index in [2.05, 4.69) is 103 Å². The van der Waals surface area contributed by atoms with Crippen LogP contribution in [-0.2, 0) is 12.8 Å². The van der Waals surface area contributed by atoms with Gasteiger partial charge >= 0.3 is 0 Å².